The van der Waals surface area contributed by atoms with E-state index in [1.807, 2.05) is 4.90 Å². The third kappa shape index (κ3) is 6.99. The number of urea groups is 1. The Kier molecular flexibility index (Phi) is 10.4. The van der Waals surface area contributed by atoms with Gasteiger partial charge in [0.05, 0.1) is 9.93 Å². The van der Waals surface area contributed by atoms with Crippen molar-refractivity contribution in [1.29, 1.82) is 0 Å². The summed E-state index contributed by atoms with van der Waals surface area (Å²) in [5.41, 5.74) is 0.430. The van der Waals surface area contributed by atoms with Crippen LogP contribution in [0.2, 0.25) is 0 Å². The molecule has 0 unspecified atom stereocenters. The Labute approximate surface area is 200 Å². The lowest BCUT2D eigenvalue weighted by Gasteiger charge is -2.37. The predicted octanol–water partition coefficient (Wildman–Crippen LogP) is 5.36. The number of unbranched alkanes of at least 4 members (excludes halogenated alkanes) is 2. The maximum Gasteiger partial charge on any atom is 0.320 e. The van der Waals surface area contributed by atoms with Crippen LogP contribution in [-0.4, -0.2) is 67.8 Å². The molecule has 1 aromatic rings. The molecule has 0 atom stereocenters. The van der Waals surface area contributed by atoms with Crippen LogP contribution in [0, 0.1) is 0 Å². The van der Waals surface area contributed by atoms with Gasteiger partial charge >= 0.3 is 6.03 Å². The molecule has 2 amide bonds. The van der Waals surface area contributed by atoms with Crippen LogP contribution in [0.3, 0.4) is 0 Å². The molecule has 1 aliphatic rings. The van der Waals surface area contributed by atoms with Gasteiger partial charge in [0, 0.05) is 39.3 Å². The molecular formula is C21H30Cl3N3O3S. The molecule has 0 N–H and O–H groups in total. The number of carbonyl (C=O) groups is 1. The molecule has 0 aliphatic carbocycles. The van der Waals surface area contributed by atoms with Gasteiger partial charge in [0.2, 0.25) is 10.0 Å². The van der Waals surface area contributed by atoms with Crippen molar-refractivity contribution in [1.82, 2.24) is 14.1 Å². The zero-order chi connectivity index (χ0) is 23.0. The molecule has 1 aliphatic heterocycles. The average molecular weight is 511 g/mol. The summed E-state index contributed by atoms with van der Waals surface area (Å²) in [4.78, 5) is 16.7. The summed E-state index contributed by atoms with van der Waals surface area (Å²) >= 11 is 17.5. The number of amides is 2. The lowest BCUT2D eigenvalue weighted by Crippen LogP contribution is -2.54. The van der Waals surface area contributed by atoms with Crippen LogP contribution in [0.1, 0.15) is 45.1 Å². The molecule has 0 saturated carbocycles. The topological polar surface area (TPSA) is 60.9 Å². The third-order valence-corrected chi connectivity index (χ3v) is 8.11. The average Bonchev–Trinajstić information content (AvgIpc) is 2.78. The molecule has 1 saturated heterocycles. The van der Waals surface area contributed by atoms with Gasteiger partial charge < -0.3 is 9.80 Å². The molecule has 6 nitrogen and oxygen atoms in total. The number of sulfonamides is 1. The molecule has 2 rings (SSSR count). The van der Waals surface area contributed by atoms with Crippen molar-refractivity contribution in [3.05, 3.63) is 34.3 Å². The summed E-state index contributed by atoms with van der Waals surface area (Å²) in [5.74, 6) is 0. The van der Waals surface area contributed by atoms with Gasteiger partial charge in [0.25, 0.3) is 0 Å². The van der Waals surface area contributed by atoms with Crippen molar-refractivity contribution in [2.75, 3.05) is 39.3 Å². The SMILES string of the molecule is CCCCN(CCCC)C(=O)N1CCN(S(=O)(=O)c2cccc(C(Cl)=C(Cl)Cl)c2)CC1. The molecular weight excluding hydrogens is 481 g/mol. The standard InChI is InChI=1S/C21H30Cl3N3O3S/c1-3-5-10-25(11-6-4-2)21(28)26-12-14-27(15-13-26)31(29,30)18-9-7-8-17(16-18)19(22)20(23)24/h7-9,16H,3-6,10-15H2,1-2H3. The summed E-state index contributed by atoms with van der Waals surface area (Å²) in [6.07, 6.45) is 3.97. The second-order valence-electron chi connectivity index (χ2n) is 7.47. The first-order chi connectivity index (χ1) is 14.7. The Morgan fingerprint density at radius 2 is 1.58 bits per heavy atom. The summed E-state index contributed by atoms with van der Waals surface area (Å²) in [6.45, 7) is 6.88. The fraction of sp³-hybridized carbons (Fsp3) is 0.571. The van der Waals surface area contributed by atoms with Crippen molar-refractivity contribution in [2.45, 2.75) is 44.4 Å². The number of carbonyl (C=O) groups excluding carboxylic acids is 1. The fourth-order valence-corrected chi connectivity index (χ4v) is 5.18. The van der Waals surface area contributed by atoms with Gasteiger partial charge in [-0.3, -0.25) is 0 Å². The van der Waals surface area contributed by atoms with Gasteiger partial charge in [-0.05, 0) is 30.5 Å². The quantitative estimate of drug-likeness (QED) is 0.449. The van der Waals surface area contributed by atoms with Crippen LogP contribution in [0.4, 0.5) is 4.79 Å². The van der Waals surface area contributed by atoms with E-state index in [0.29, 0.717) is 18.7 Å². The van der Waals surface area contributed by atoms with Gasteiger partial charge in [0.1, 0.15) is 4.49 Å². The largest absolute Gasteiger partial charge is 0.325 e. The molecule has 10 heteroatoms. The van der Waals surface area contributed by atoms with E-state index in [1.54, 1.807) is 17.0 Å². The highest BCUT2D eigenvalue weighted by molar-refractivity contribution is 7.89. The van der Waals surface area contributed by atoms with E-state index in [9.17, 15) is 13.2 Å². The van der Waals surface area contributed by atoms with Crippen molar-refractivity contribution < 1.29 is 13.2 Å². The molecule has 174 valence electrons. The van der Waals surface area contributed by atoms with Crippen molar-refractivity contribution in [3.8, 4) is 0 Å². The second-order valence-corrected chi connectivity index (χ2v) is 10.7. The van der Waals surface area contributed by atoms with E-state index in [1.165, 1.54) is 16.4 Å². The first-order valence-corrected chi connectivity index (χ1v) is 13.1. The van der Waals surface area contributed by atoms with Crippen molar-refractivity contribution in [3.63, 3.8) is 0 Å². The molecule has 1 heterocycles. The summed E-state index contributed by atoms with van der Waals surface area (Å²) < 4.78 is 27.5. The Hall–Kier alpha value is -0.990. The molecule has 1 aromatic carbocycles. The van der Waals surface area contributed by atoms with Crippen LogP contribution in [0.5, 0.6) is 0 Å². The molecule has 1 fully saturated rings. The maximum atomic E-state index is 13.1. The highest BCUT2D eigenvalue weighted by Gasteiger charge is 2.31. The molecule has 31 heavy (non-hydrogen) atoms. The Bertz CT molecular complexity index is 873. The molecule has 0 aromatic heterocycles. The van der Waals surface area contributed by atoms with E-state index < -0.39 is 10.0 Å². The number of hydrogen-bond acceptors (Lipinski definition) is 3. The molecule has 0 spiro atoms. The van der Waals surface area contributed by atoms with Crippen LogP contribution in [-0.2, 0) is 10.0 Å². The van der Waals surface area contributed by atoms with Crippen molar-refractivity contribution >= 4 is 55.9 Å². The highest BCUT2D eigenvalue weighted by Crippen LogP contribution is 2.30. The second kappa shape index (κ2) is 12.3. The molecule has 0 bridgehead atoms. The van der Waals surface area contributed by atoms with E-state index in [0.717, 1.165) is 38.8 Å². The van der Waals surface area contributed by atoms with E-state index >= 15 is 0 Å². The van der Waals surface area contributed by atoms with Gasteiger partial charge in [0.15, 0.2) is 0 Å². The van der Waals surface area contributed by atoms with Gasteiger partial charge in [-0.15, -0.1) is 0 Å². The predicted molar refractivity (Wildman–Crippen MR) is 128 cm³/mol. The summed E-state index contributed by atoms with van der Waals surface area (Å²) in [6, 6.07) is 6.20. The number of piperazine rings is 1. The number of hydrogen-bond donors (Lipinski definition) is 0. The Morgan fingerprint density at radius 3 is 2.10 bits per heavy atom. The number of rotatable bonds is 9. The van der Waals surface area contributed by atoms with Crippen LogP contribution < -0.4 is 0 Å². The van der Waals surface area contributed by atoms with Gasteiger partial charge in [-0.1, -0.05) is 73.6 Å². The zero-order valence-electron chi connectivity index (χ0n) is 18.0. The minimum absolute atomic E-state index is 0.00498. The number of benzene rings is 1. The monoisotopic (exact) mass is 509 g/mol. The van der Waals surface area contributed by atoms with E-state index in [2.05, 4.69) is 13.8 Å². The Balaban J connectivity index is 2.08. The zero-order valence-corrected chi connectivity index (χ0v) is 21.1. The van der Waals surface area contributed by atoms with E-state index in [4.69, 9.17) is 34.8 Å². The number of halogens is 3. The van der Waals surface area contributed by atoms with Crippen LogP contribution in [0.25, 0.3) is 5.03 Å². The smallest absolute Gasteiger partial charge is 0.320 e. The highest BCUT2D eigenvalue weighted by atomic mass is 35.5. The maximum absolute atomic E-state index is 13.1. The fourth-order valence-electron chi connectivity index (χ4n) is 3.37. The first kappa shape index (κ1) is 26.3. The van der Waals surface area contributed by atoms with Crippen LogP contribution in [0.15, 0.2) is 33.7 Å². The lowest BCUT2D eigenvalue weighted by atomic mass is 10.2. The normalized spacial score (nSPS) is 15.1. The summed E-state index contributed by atoms with van der Waals surface area (Å²) in [7, 11) is -3.73. The number of nitrogens with zero attached hydrogens (tertiary/aromatic N) is 3. The lowest BCUT2D eigenvalue weighted by molar-refractivity contribution is 0.133. The van der Waals surface area contributed by atoms with Crippen LogP contribution >= 0.6 is 34.8 Å². The molecule has 0 radical (unpaired) electrons. The first-order valence-electron chi connectivity index (χ1n) is 10.6. The van der Waals surface area contributed by atoms with Crippen molar-refractivity contribution in [2.24, 2.45) is 0 Å². The van der Waals surface area contributed by atoms with Gasteiger partial charge in [-0.2, -0.15) is 4.31 Å². The van der Waals surface area contributed by atoms with Gasteiger partial charge in [-0.25, -0.2) is 13.2 Å². The van der Waals surface area contributed by atoms with E-state index in [-0.39, 0.29) is 33.5 Å². The minimum atomic E-state index is -3.73. The third-order valence-electron chi connectivity index (χ3n) is 5.23. The minimum Gasteiger partial charge on any atom is -0.325 e. The Morgan fingerprint density at radius 1 is 1.00 bits per heavy atom. The summed E-state index contributed by atoms with van der Waals surface area (Å²) in [5, 5.41) is 0.0926.